The molecular weight excluding hydrogens is 262 g/mol. The highest BCUT2D eigenvalue weighted by molar-refractivity contribution is 5.37. The van der Waals surface area contributed by atoms with Gasteiger partial charge in [0, 0.05) is 18.6 Å². The summed E-state index contributed by atoms with van der Waals surface area (Å²) in [6, 6.07) is 13.1. The van der Waals surface area contributed by atoms with Gasteiger partial charge in [-0.1, -0.05) is 24.3 Å². The fraction of sp³-hybridized carbons (Fsp3) is 0.412. The molecule has 3 rings (SSSR count). The Labute approximate surface area is 125 Å². The average Bonchev–Trinajstić information content (AvgIpc) is 3.09. The maximum absolute atomic E-state index is 6.23. The molecule has 2 aromatic rings. The molecule has 112 valence electrons. The molecule has 4 heteroatoms. The van der Waals surface area contributed by atoms with Crippen LogP contribution in [-0.4, -0.2) is 25.5 Å². The van der Waals surface area contributed by atoms with Crippen LogP contribution in [0.25, 0.3) is 0 Å². The standard InChI is InChI=1S/C17H23N3O/c1-20(2)16(17-8-5-9-21-17)11-19-15-10-14(18)12-6-3-4-7-13(12)15/h3-9,14-16,19H,10-11,18H2,1-2H3. The third-order valence-corrected chi connectivity index (χ3v) is 4.31. The highest BCUT2D eigenvalue weighted by atomic mass is 16.3. The van der Waals surface area contributed by atoms with Crippen LogP contribution in [0, 0.1) is 0 Å². The molecule has 1 aliphatic carbocycles. The first-order valence-electron chi connectivity index (χ1n) is 7.44. The third-order valence-electron chi connectivity index (χ3n) is 4.31. The largest absolute Gasteiger partial charge is 0.468 e. The van der Waals surface area contributed by atoms with E-state index in [4.69, 9.17) is 10.2 Å². The Kier molecular flexibility index (Phi) is 4.10. The number of benzene rings is 1. The topological polar surface area (TPSA) is 54.4 Å². The van der Waals surface area contributed by atoms with Crippen molar-refractivity contribution in [2.75, 3.05) is 20.6 Å². The Morgan fingerprint density at radius 3 is 2.67 bits per heavy atom. The number of hydrogen-bond acceptors (Lipinski definition) is 4. The first-order chi connectivity index (χ1) is 10.2. The van der Waals surface area contributed by atoms with E-state index in [0.29, 0.717) is 6.04 Å². The van der Waals surface area contributed by atoms with Crippen molar-refractivity contribution in [2.45, 2.75) is 24.5 Å². The van der Waals surface area contributed by atoms with E-state index >= 15 is 0 Å². The quantitative estimate of drug-likeness (QED) is 0.886. The molecule has 0 spiro atoms. The van der Waals surface area contributed by atoms with Gasteiger partial charge in [-0.05, 0) is 43.8 Å². The van der Waals surface area contributed by atoms with Crippen LogP contribution in [0.2, 0.25) is 0 Å². The number of fused-ring (bicyclic) bond motifs is 1. The Morgan fingerprint density at radius 2 is 2.00 bits per heavy atom. The van der Waals surface area contributed by atoms with Gasteiger partial charge in [0.25, 0.3) is 0 Å². The molecule has 1 aliphatic rings. The smallest absolute Gasteiger partial charge is 0.122 e. The molecule has 3 atom stereocenters. The predicted molar refractivity (Wildman–Crippen MR) is 83.9 cm³/mol. The Hall–Kier alpha value is -1.62. The maximum atomic E-state index is 6.23. The normalized spacial score (nSPS) is 22.5. The van der Waals surface area contributed by atoms with E-state index in [9.17, 15) is 0 Å². The fourth-order valence-corrected chi connectivity index (χ4v) is 3.14. The van der Waals surface area contributed by atoms with Gasteiger partial charge in [-0.15, -0.1) is 0 Å². The van der Waals surface area contributed by atoms with E-state index in [1.165, 1.54) is 11.1 Å². The first-order valence-corrected chi connectivity index (χ1v) is 7.44. The van der Waals surface area contributed by atoms with Crippen LogP contribution in [0.4, 0.5) is 0 Å². The third kappa shape index (κ3) is 2.88. The molecule has 0 bridgehead atoms. The number of likely N-dealkylation sites (N-methyl/N-ethyl adjacent to an activating group) is 1. The monoisotopic (exact) mass is 285 g/mol. The van der Waals surface area contributed by atoms with Crippen molar-refractivity contribution in [1.82, 2.24) is 10.2 Å². The predicted octanol–water partition coefficient (Wildman–Crippen LogP) is 2.62. The number of rotatable bonds is 5. The van der Waals surface area contributed by atoms with Crippen LogP contribution in [0.1, 0.15) is 41.4 Å². The summed E-state index contributed by atoms with van der Waals surface area (Å²) in [6.07, 6.45) is 2.68. The van der Waals surface area contributed by atoms with Crippen molar-refractivity contribution in [3.05, 3.63) is 59.5 Å². The van der Waals surface area contributed by atoms with Crippen molar-refractivity contribution in [1.29, 1.82) is 0 Å². The zero-order chi connectivity index (χ0) is 14.8. The highest BCUT2D eigenvalue weighted by Crippen LogP contribution is 2.37. The van der Waals surface area contributed by atoms with E-state index in [1.54, 1.807) is 6.26 Å². The van der Waals surface area contributed by atoms with Crippen LogP contribution in [0.5, 0.6) is 0 Å². The maximum Gasteiger partial charge on any atom is 0.122 e. The second kappa shape index (κ2) is 6.02. The minimum absolute atomic E-state index is 0.139. The van der Waals surface area contributed by atoms with Crippen LogP contribution < -0.4 is 11.1 Å². The van der Waals surface area contributed by atoms with Gasteiger partial charge in [-0.2, -0.15) is 0 Å². The van der Waals surface area contributed by atoms with E-state index < -0.39 is 0 Å². The van der Waals surface area contributed by atoms with E-state index in [0.717, 1.165) is 18.7 Å². The molecule has 3 N–H and O–H groups in total. The van der Waals surface area contributed by atoms with Crippen LogP contribution >= 0.6 is 0 Å². The fourth-order valence-electron chi connectivity index (χ4n) is 3.14. The van der Waals surface area contributed by atoms with Crippen LogP contribution in [-0.2, 0) is 0 Å². The Balaban J connectivity index is 1.70. The second-order valence-electron chi connectivity index (χ2n) is 5.93. The molecule has 0 saturated carbocycles. The Morgan fingerprint density at radius 1 is 1.24 bits per heavy atom. The summed E-state index contributed by atoms with van der Waals surface area (Å²) in [7, 11) is 4.15. The van der Waals surface area contributed by atoms with Crippen molar-refractivity contribution in [2.24, 2.45) is 5.73 Å². The number of hydrogen-bond donors (Lipinski definition) is 2. The molecule has 1 aromatic heterocycles. The zero-order valence-corrected chi connectivity index (χ0v) is 12.6. The minimum Gasteiger partial charge on any atom is -0.468 e. The van der Waals surface area contributed by atoms with E-state index in [-0.39, 0.29) is 12.1 Å². The van der Waals surface area contributed by atoms with Gasteiger partial charge in [0.05, 0.1) is 12.3 Å². The van der Waals surface area contributed by atoms with Crippen LogP contribution in [0.15, 0.2) is 47.1 Å². The minimum atomic E-state index is 0.139. The van der Waals surface area contributed by atoms with Crippen molar-refractivity contribution >= 4 is 0 Å². The number of furan rings is 1. The summed E-state index contributed by atoms with van der Waals surface area (Å²) >= 11 is 0. The summed E-state index contributed by atoms with van der Waals surface area (Å²) in [5, 5.41) is 3.66. The van der Waals surface area contributed by atoms with Gasteiger partial charge >= 0.3 is 0 Å². The molecular formula is C17H23N3O. The lowest BCUT2D eigenvalue weighted by Gasteiger charge is -2.25. The zero-order valence-electron chi connectivity index (χ0n) is 12.6. The molecule has 0 amide bonds. The first kappa shape index (κ1) is 14.3. The van der Waals surface area contributed by atoms with E-state index in [1.807, 2.05) is 12.1 Å². The summed E-state index contributed by atoms with van der Waals surface area (Å²) in [5.74, 6) is 0.989. The second-order valence-corrected chi connectivity index (χ2v) is 5.93. The molecule has 0 aliphatic heterocycles. The molecule has 4 nitrogen and oxygen atoms in total. The van der Waals surface area contributed by atoms with Gasteiger partial charge in [0.2, 0.25) is 0 Å². The van der Waals surface area contributed by atoms with Crippen LogP contribution in [0.3, 0.4) is 0 Å². The van der Waals surface area contributed by atoms with Gasteiger partial charge in [0.15, 0.2) is 0 Å². The van der Waals surface area contributed by atoms with Gasteiger partial charge in [0.1, 0.15) is 5.76 Å². The summed E-state index contributed by atoms with van der Waals surface area (Å²) < 4.78 is 5.56. The molecule has 1 aromatic carbocycles. The van der Waals surface area contributed by atoms with Gasteiger partial charge in [-0.3, -0.25) is 4.90 Å². The Bertz CT molecular complexity index is 579. The summed E-state index contributed by atoms with van der Waals surface area (Å²) in [4.78, 5) is 2.17. The number of nitrogens with zero attached hydrogens (tertiary/aromatic N) is 1. The molecule has 0 radical (unpaired) electrons. The molecule has 1 heterocycles. The van der Waals surface area contributed by atoms with Crippen molar-refractivity contribution < 1.29 is 4.42 Å². The molecule has 3 unspecified atom stereocenters. The summed E-state index contributed by atoms with van der Waals surface area (Å²) in [5.41, 5.74) is 8.84. The molecule has 21 heavy (non-hydrogen) atoms. The van der Waals surface area contributed by atoms with E-state index in [2.05, 4.69) is 48.6 Å². The molecule has 0 saturated heterocycles. The number of nitrogens with two attached hydrogens (primary N) is 1. The lowest BCUT2D eigenvalue weighted by molar-refractivity contribution is 0.243. The van der Waals surface area contributed by atoms with Gasteiger partial charge < -0.3 is 15.5 Å². The van der Waals surface area contributed by atoms with Gasteiger partial charge in [-0.25, -0.2) is 0 Å². The highest BCUT2D eigenvalue weighted by Gasteiger charge is 2.29. The van der Waals surface area contributed by atoms with Crippen molar-refractivity contribution in [3.8, 4) is 0 Å². The summed E-state index contributed by atoms with van der Waals surface area (Å²) in [6.45, 7) is 0.840. The SMILES string of the molecule is CN(C)C(CNC1CC(N)c2ccccc21)c1ccco1. The van der Waals surface area contributed by atoms with Crippen molar-refractivity contribution in [3.63, 3.8) is 0 Å². The lowest BCUT2D eigenvalue weighted by Crippen LogP contribution is -2.32. The lowest BCUT2D eigenvalue weighted by atomic mass is 10.1. The number of nitrogens with one attached hydrogen (secondary N) is 1. The molecule has 0 fully saturated rings. The average molecular weight is 285 g/mol.